The summed E-state index contributed by atoms with van der Waals surface area (Å²) in [5.41, 5.74) is 0.335. The van der Waals surface area contributed by atoms with Crippen LogP contribution >= 0.6 is 11.6 Å². The fourth-order valence-corrected chi connectivity index (χ4v) is 3.55. The molecule has 0 spiro atoms. The topological polar surface area (TPSA) is 105 Å². The maximum atomic E-state index is 12.4. The average molecular weight is 393 g/mol. The van der Waals surface area contributed by atoms with Gasteiger partial charge in [-0.2, -0.15) is 5.26 Å². The van der Waals surface area contributed by atoms with Crippen LogP contribution in [-0.2, 0) is 10.0 Å². The minimum Gasteiger partial charge on any atom is -0.489 e. The lowest BCUT2D eigenvalue weighted by molar-refractivity contribution is 0.0981. The lowest BCUT2D eigenvalue weighted by atomic mass is 10.2. The van der Waals surface area contributed by atoms with Crippen LogP contribution in [0.2, 0.25) is 5.02 Å². The van der Waals surface area contributed by atoms with E-state index in [1.165, 1.54) is 36.4 Å². The molecule has 134 valence electrons. The Hall–Kier alpha value is -2.76. The number of rotatable bonds is 3. The Morgan fingerprint density at radius 2 is 1.85 bits per heavy atom. The second-order valence-electron chi connectivity index (χ2n) is 5.41. The zero-order valence-electron chi connectivity index (χ0n) is 13.4. The van der Waals surface area contributed by atoms with E-state index in [-0.39, 0.29) is 21.2 Å². The number of fused-ring (bicyclic) bond motifs is 1. The number of halogens is 1. The molecule has 2 aromatic carbocycles. The number of nitrogens with one attached hydrogen (secondary N) is 1. The number of hydrogen-bond acceptors (Lipinski definition) is 6. The van der Waals surface area contributed by atoms with Crippen LogP contribution in [0.5, 0.6) is 11.5 Å². The summed E-state index contributed by atoms with van der Waals surface area (Å²) in [6, 6.07) is 9.78. The summed E-state index contributed by atoms with van der Waals surface area (Å²) in [7, 11) is -4.10. The molecule has 1 aliphatic heterocycles. The normalized spacial score (nSPS) is 13.4. The van der Waals surface area contributed by atoms with E-state index < -0.39 is 15.9 Å². The molecule has 0 saturated heterocycles. The number of ether oxygens (including phenoxy) is 2. The van der Waals surface area contributed by atoms with Crippen LogP contribution in [0.3, 0.4) is 0 Å². The van der Waals surface area contributed by atoms with Gasteiger partial charge in [-0.05, 0) is 36.4 Å². The van der Waals surface area contributed by atoms with Crippen molar-refractivity contribution in [2.45, 2.75) is 11.3 Å². The Kier molecular flexibility index (Phi) is 5.02. The monoisotopic (exact) mass is 392 g/mol. The standard InChI is InChI=1S/C17H13ClN2O5S/c18-14-8-12(9-15-16(14)25-7-1-6-24-15)17(21)20-26(22,23)13-4-2-11(10-19)3-5-13/h2-5,8-9H,1,6-7H2,(H,20,21). The van der Waals surface area contributed by atoms with Gasteiger partial charge in [-0.25, -0.2) is 13.1 Å². The fourth-order valence-electron chi connectivity index (χ4n) is 2.31. The summed E-state index contributed by atoms with van der Waals surface area (Å²) >= 11 is 6.12. The van der Waals surface area contributed by atoms with Gasteiger partial charge in [0.25, 0.3) is 15.9 Å². The molecule has 7 nitrogen and oxygen atoms in total. The molecule has 0 unspecified atom stereocenters. The van der Waals surface area contributed by atoms with Gasteiger partial charge in [0.15, 0.2) is 11.5 Å². The van der Waals surface area contributed by atoms with E-state index in [1.807, 2.05) is 10.8 Å². The number of carbonyl (C=O) groups excluding carboxylic acids is 1. The van der Waals surface area contributed by atoms with E-state index in [0.717, 1.165) is 0 Å². The molecule has 1 heterocycles. The van der Waals surface area contributed by atoms with Crippen molar-refractivity contribution < 1.29 is 22.7 Å². The van der Waals surface area contributed by atoms with E-state index in [0.29, 0.717) is 30.9 Å². The van der Waals surface area contributed by atoms with Gasteiger partial charge >= 0.3 is 0 Å². The van der Waals surface area contributed by atoms with Gasteiger partial charge in [0, 0.05) is 12.0 Å². The summed E-state index contributed by atoms with van der Waals surface area (Å²) in [4.78, 5) is 12.2. The smallest absolute Gasteiger partial charge is 0.265 e. The van der Waals surface area contributed by atoms with Crippen molar-refractivity contribution in [2.24, 2.45) is 0 Å². The molecule has 3 rings (SSSR count). The Balaban J connectivity index is 1.86. The number of carbonyl (C=O) groups is 1. The van der Waals surface area contributed by atoms with Crippen LogP contribution in [0, 0.1) is 11.3 Å². The molecule has 0 aliphatic carbocycles. The SMILES string of the molecule is N#Cc1ccc(S(=O)(=O)NC(=O)c2cc(Cl)c3c(c2)OCCCO3)cc1. The fraction of sp³-hybridized carbons (Fsp3) is 0.176. The highest BCUT2D eigenvalue weighted by molar-refractivity contribution is 7.90. The Morgan fingerprint density at radius 3 is 2.54 bits per heavy atom. The quantitative estimate of drug-likeness (QED) is 0.860. The lowest BCUT2D eigenvalue weighted by Gasteiger charge is -2.12. The van der Waals surface area contributed by atoms with Crippen molar-refractivity contribution in [3.8, 4) is 17.6 Å². The molecule has 1 aliphatic rings. The van der Waals surface area contributed by atoms with Gasteiger partial charge in [-0.1, -0.05) is 11.6 Å². The molecule has 0 bridgehead atoms. The summed E-state index contributed by atoms with van der Waals surface area (Å²) in [6.45, 7) is 0.837. The van der Waals surface area contributed by atoms with E-state index in [4.69, 9.17) is 26.3 Å². The van der Waals surface area contributed by atoms with Crippen LogP contribution in [-0.4, -0.2) is 27.5 Å². The molecular weight excluding hydrogens is 380 g/mol. The number of sulfonamides is 1. The van der Waals surface area contributed by atoms with Crippen molar-refractivity contribution in [1.29, 1.82) is 5.26 Å². The Bertz CT molecular complexity index is 997. The largest absolute Gasteiger partial charge is 0.489 e. The van der Waals surface area contributed by atoms with E-state index in [9.17, 15) is 13.2 Å². The van der Waals surface area contributed by atoms with Gasteiger partial charge in [-0.15, -0.1) is 0 Å². The molecular formula is C17H13ClN2O5S. The first-order valence-electron chi connectivity index (χ1n) is 7.57. The molecule has 1 N–H and O–H groups in total. The first kappa shape index (κ1) is 18.0. The minimum absolute atomic E-state index is 0.0245. The van der Waals surface area contributed by atoms with E-state index >= 15 is 0 Å². The third-order valence-electron chi connectivity index (χ3n) is 3.59. The van der Waals surface area contributed by atoms with Gasteiger partial charge in [0.05, 0.1) is 34.8 Å². The Labute approximate surface area is 155 Å². The summed E-state index contributed by atoms with van der Waals surface area (Å²) in [5, 5.41) is 8.92. The van der Waals surface area contributed by atoms with Crippen molar-refractivity contribution >= 4 is 27.5 Å². The van der Waals surface area contributed by atoms with Gasteiger partial charge in [-0.3, -0.25) is 4.79 Å². The predicted octanol–water partition coefficient (Wildman–Crippen LogP) is 2.49. The minimum atomic E-state index is -4.10. The molecule has 26 heavy (non-hydrogen) atoms. The first-order chi connectivity index (χ1) is 12.4. The molecule has 1 amide bonds. The van der Waals surface area contributed by atoms with Crippen molar-refractivity contribution in [1.82, 2.24) is 4.72 Å². The molecule has 0 aromatic heterocycles. The number of benzene rings is 2. The van der Waals surface area contributed by atoms with Crippen LogP contribution in [0.4, 0.5) is 0 Å². The van der Waals surface area contributed by atoms with E-state index in [2.05, 4.69) is 0 Å². The zero-order valence-corrected chi connectivity index (χ0v) is 14.9. The maximum absolute atomic E-state index is 12.4. The highest BCUT2D eigenvalue weighted by Crippen LogP contribution is 2.38. The van der Waals surface area contributed by atoms with Crippen LogP contribution in [0.15, 0.2) is 41.3 Å². The summed E-state index contributed by atoms with van der Waals surface area (Å²) in [6.07, 6.45) is 0.666. The second kappa shape index (κ2) is 7.23. The van der Waals surface area contributed by atoms with Crippen molar-refractivity contribution in [3.05, 3.63) is 52.5 Å². The molecule has 0 atom stereocenters. The average Bonchev–Trinajstić information content (AvgIpc) is 2.87. The number of nitrogens with zero attached hydrogens (tertiary/aromatic N) is 1. The van der Waals surface area contributed by atoms with Gasteiger partial charge in [0.1, 0.15) is 0 Å². The Morgan fingerprint density at radius 1 is 1.15 bits per heavy atom. The second-order valence-corrected chi connectivity index (χ2v) is 7.50. The van der Waals surface area contributed by atoms with Gasteiger partial charge in [0.2, 0.25) is 0 Å². The molecule has 0 fully saturated rings. The van der Waals surface area contributed by atoms with Gasteiger partial charge < -0.3 is 9.47 Å². The van der Waals surface area contributed by atoms with Crippen molar-refractivity contribution in [2.75, 3.05) is 13.2 Å². The molecule has 0 saturated carbocycles. The van der Waals surface area contributed by atoms with Crippen LogP contribution in [0.1, 0.15) is 22.3 Å². The molecule has 0 radical (unpaired) electrons. The highest BCUT2D eigenvalue weighted by atomic mass is 35.5. The maximum Gasteiger partial charge on any atom is 0.265 e. The van der Waals surface area contributed by atoms with Crippen LogP contribution in [0.25, 0.3) is 0 Å². The third kappa shape index (κ3) is 3.74. The van der Waals surface area contributed by atoms with Crippen LogP contribution < -0.4 is 14.2 Å². The third-order valence-corrected chi connectivity index (χ3v) is 5.21. The summed E-state index contributed by atoms with van der Waals surface area (Å²) in [5.74, 6) is -0.238. The number of amides is 1. The van der Waals surface area contributed by atoms with Crippen molar-refractivity contribution in [3.63, 3.8) is 0 Å². The molecule has 9 heteroatoms. The number of hydrogen-bond donors (Lipinski definition) is 1. The summed E-state index contributed by atoms with van der Waals surface area (Å²) < 4.78 is 37.6. The van der Waals surface area contributed by atoms with E-state index in [1.54, 1.807) is 0 Å². The molecule has 2 aromatic rings. The number of nitriles is 1. The zero-order chi connectivity index (χ0) is 18.7. The predicted molar refractivity (Wildman–Crippen MR) is 92.9 cm³/mol. The first-order valence-corrected chi connectivity index (χ1v) is 9.43. The highest BCUT2D eigenvalue weighted by Gasteiger charge is 2.22. The lowest BCUT2D eigenvalue weighted by Crippen LogP contribution is -2.30.